The Balaban J connectivity index is 2.34. The first-order valence-electron chi connectivity index (χ1n) is 5.47. The van der Waals surface area contributed by atoms with Crippen molar-refractivity contribution in [1.82, 2.24) is 9.78 Å². The van der Waals surface area contributed by atoms with Crippen molar-refractivity contribution in [3.63, 3.8) is 0 Å². The monoisotopic (exact) mass is 246 g/mol. The molecule has 86 valence electrons. The minimum Gasteiger partial charge on any atom is -0.268 e. The van der Waals surface area contributed by atoms with Crippen LogP contribution < -0.4 is 0 Å². The molecule has 0 unspecified atom stereocenters. The molecule has 1 aromatic heterocycles. The second-order valence-electron chi connectivity index (χ2n) is 3.85. The molecule has 0 radical (unpaired) electrons. The molecule has 0 amide bonds. The maximum Gasteiger partial charge on any atom is 0.0844 e. The van der Waals surface area contributed by atoms with E-state index in [9.17, 15) is 0 Å². The molecule has 0 bridgehead atoms. The molecular formula is C11H19ClN2S. The highest BCUT2D eigenvalue weighted by Gasteiger charge is 2.07. The second kappa shape index (κ2) is 6.44. The summed E-state index contributed by atoms with van der Waals surface area (Å²) in [7, 11) is 0. The third-order valence-corrected chi connectivity index (χ3v) is 3.43. The van der Waals surface area contributed by atoms with Crippen LogP contribution >= 0.6 is 24.2 Å². The molecular weight excluding hydrogens is 228 g/mol. The number of hydrogen-bond donors (Lipinski definition) is 1. The van der Waals surface area contributed by atoms with Crippen molar-refractivity contribution in [2.24, 2.45) is 0 Å². The summed E-state index contributed by atoms with van der Waals surface area (Å²) in [4.78, 5) is 0. The molecule has 0 fully saturated rings. The van der Waals surface area contributed by atoms with Gasteiger partial charge in [0, 0.05) is 6.54 Å². The number of aryl methyl sites for hydroxylation is 2. The summed E-state index contributed by atoms with van der Waals surface area (Å²) in [6.45, 7) is 4.95. The summed E-state index contributed by atoms with van der Waals surface area (Å²) in [5.74, 6) is 0.992. The SMILES string of the molecule is Cc1nn(CCCCCCS)c(C)c1Cl. The van der Waals surface area contributed by atoms with Crippen LogP contribution in [0.3, 0.4) is 0 Å². The summed E-state index contributed by atoms with van der Waals surface area (Å²) in [6, 6.07) is 0. The standard InChI is InChI=1S/C11H19ClN2S/c1-9-11(12)10(2)14(13-9)7-5-3-4-6-8-15/h15H,3-8H2,1-2H3. The number of unbranched alkanes of at least 4 members (excludes halogenated alkanes) is 3. The summed E-state index contributed by atoms with van der Waals surface area (Å²) >= 11 is 10.3. The Hall–Kier alpha value is -0.150. The molecule has 0 atom stereocenters. The minimum atomic E-state index is 0.811. The van der Waals surface area contributed by atoms with Crippen LogP contribution in [0.25, 0.3) is 0 Å². The molecule has 15 heavy (non-hydrogen) atoms. The lowest BCUT2D eigenvalue weighted by Gasteiger charge is -2.03. The lowest BCUT2D eigenvalue weighted by molar-refractivity contribution is 0.530. The summed E-state index contributed by atoms with van der Waals surface area (Å²) in [6.07, 6.45) is 4.89. The fourth-order valence-electron chi connectivity index (χ4n) is 1.62. The van der Waals surface area contributed by atoms with Gasteiger partial charge in [0.2, 0.25) is 0 Å². The predicted molar refractivity (Wildman–Crippen MR) is 69.0 cm³/mol. The van der Waals surface area contributed by atoms with Crippen molar-refractivity contribution in [2.45, 2.75) is 46.1 Å². The maximum atomic E-state index is 6.07. The van der Waals surface area contributed by atoms with Crippen LogP contribution in [0.4, 0.5) is 0 Å². The first-order chi connectivity index (χ1) is 7.16. The second-order valence-corrected chi connectivity index (χ2v) is 4.67. The normalized spacial score (nSPS) is 10.9. The van der Waals surface area contributed by atoms with Gasteiger partial charge in [-0.2, -0.15) is 17.7 Å². The fraction of sp³-hybridized carbons (Fsp3) is 0.727. The molecule has 1 heterocycles. The van der Waals surface area contributed by atoms with Gasteiger partial charge in [-0.15, -0.1) is 0 Å². The zero-order chi connectivity index (χ0) is 11.3. The molecule has 0 aliphatic rings. The van der Waals surface area contributed by atoms with E-state index in [-0.39, 0.29) is 0 Å². The van der Waals surface area contributed by atoms with Gasteiger partial charge >= 0.3 is 0 Å². The van der Waals surface area contributed by atoms with Crippen molar-refractivity contribution < 1.29 is 0 Å². The van der Waals surface area contributed by atoms with Gasteiger partial charge in [-0.05, 0) is 32.4 Å². The molecule has 0 saturated heterocycles. The van der Waals surface area contributed by atoms with Gasteiger partial charge in [-0.3, -0.25) is 4.68 Å². The van der Waals surface area contributed by atoms with Gasteiger partial charge in [-0.1, -0.05) is 24.4 Å². The van der Waals surface area contributed by atoms with Crippen LogP contribution in [0.1, 0.15) is 37.1 Å². The third kappa shape index (κ3) is 3.72. The van der Waals surface area contributed by atoms with E-state index in [2.05, 4.69) is 17.7 Å². The number of rotatable bonds is 6. The Morgan fingerprint density at radius 2 is 1.87 bits per heavy atom. The van der Waals surface area contributed by atoms with Crippen LogP contribution in [0.15, 0.2) is 0 Å². The maximum absolute atomic E-state index is 6.07. The van der Waals surface area contributed by atoms with Gasteiger partial charge in [-0.25, -0.2) is 0 Å². The van der Waals surface area contributed by atoms with Crippen LogP contribution in [-0.4, -0.2) is 15.5 Å². The molecule has 4 heteroatoms. The molecule has 0 aliphatic heterocycles. The van der Waals surface area contributed by atoms with E-state index in [4.69, 9.17) is 11.6 Å². The smallest absolute Gasteiger partial charge is 0.0844 e. The minimum absolute atomic E-state index is 0.811. The zero-order valence-corrected chi connectivity index (χ0v) is 11.1. The topological polar surface area (TPSA) is 17.8 Å². The molecule has 0 saturated carbocycles. The van der Waals surface area contributed by atoms with Gasteiger partial charge in [0.05, 0.1) is 16.4 Å². The first-order valence-corrected chi connectivity index (χ1v) is 6.48. The molecule has 0 aliphatic carbocycles. The van der Waals surface area contributed by atoms with E-state index in [0.717, 1.165) is 28.7 Å². The predicted octanol–water partition coefficient (Wildman–Crippen LogP) is 3.64. The number of halogens is 1. The molecule has 1 aromatic rings. The number of nitrogens with zero attached hydrogens (tertiary/aromatic N) is 2. The fourth-order valence-corrected chi connectivity index (χ4v) is 1.98. The highest BCUT2D eigenvalue weighted by Crippen LogP contribution is 2.19. The average Bonchev–Trinajstić information content (AvgIpc) is 2.46. The average molecular weight is 247 g/mol. The molecule has 0 N–H and O–H groups in total. The first kappa shape index (κ1) is 12.9. The molecule has 0 spiro atoms. The Bertz CT molecular complexity index is 310. The highest BCUT2D eigenvalue weighted by atomic mass is 35.5. The van der Waals surface area contributed by atoms with Crippen LogP contribution in [0.2, 0.25) is 5.02 Å². The lowest BCUT2D eigenvalue weighted by atomic mass is 10.2. The zero-order valence-electron chi connectivity index (χ0n) is 9.46. The van der Waals surface area contributed by atoms with Gasteiger partial charge < -0.3 is 0 Å². The highest BCUT2D eigenvalue weighted by molar-refractivity contribution is 7.80. The largest absolute Gasteiger partial charge is 0.268 e. The van der Waals surface area contributed by atoms with Crippen molar-refractivity contribution in [1.29, 1.82) is 0 Å². The molecule has 0 aromatic carbocycles. The van der Waals surface area contributed by atoms with Crippen molar-refractivity contribution in [3.8, 4) is 0 Å². The number of hydrogen-bond acceptors (Lipinski definition) is 2. The van der Waals surface area contributed by atoms with E-state index in [1.165, 1.54) is 25.7 Å². The Kier molecular flexibility index (Phi) is 5.54. The quantitative estimate of drug-likeness (QED) is 0.599. The summed E-state index contributed by atoms with van der Waals surface area (Å²) < 4.78 is 2.01. The molecule has 1 rings (SSSR count). The summed E-state index contributed by atoms with van der Waals surface area (Å²) in [5.41, 5.74) is 2.02. The van der Waals surface area contributed by atoms with Crippen LogP contribution in [-0.2, 0) is 6.54 Å². The van der Waals surface area contributed by atoms with Crippen LogP contribution in [0, 0.1) is 13.8 Å². The van der Waals surface area contributed by atoms with Gasteiger partial charge in [0.25, 0.3) is 0 Å². The molecule has 2 nitrogen and oxygen atoms in total. The van der Waals surface area contributed by atoms with E-state index >= 15 is 0 Å². The summed E-state index contributed by atoms with van der Waals surface area (Å²) in [5, 5.41) is 5.21. The van der Waals surface area contributed by atoms with Crippen molar-refractivity contribution in [2.75, 3.05) is 5.75 Å². The third-order valence-electron chi connectivity index (χ3n) is 2.57. The van der Waals surface area contributed by atoms with Crippen LogP contribution in [0.5, 0.6) is 0 Å². The van der Waals surface area contributed by atoms with E-state index in [1.807, 2.05) is 18.5 Å². The Morgan fingerprint density at radius 3 is 2.40 bits per heavy atom. The van der Waals surface area contributed by atoms with Gasteiger partial charge in [0.1, 0.15) is 0 Å². The lowest BCUT2D eigenvalue weighted by Crippen LogP contribution is -2.02. The Labute approximate surface area is 102 Å². The van der Waals surface area contributed by atoms with E-state index < -0.39 is 0 Å². The van der Waals surface area contributed by atoms with E-state index in [0.29, 0.717) is 0 Å². The number of aromatic nitrogens is 2. The Morgan fingerprint density at radius 1 is 1.20 bits per heavy atom. The van der Waals surface area contributed by atoms with Crippen molar-refractivity contribution in [3.05, 3.63) is 16.4 Å². The van der Waals surface area contributed by atoms with Crippen molar-refractivity contribution >= 4 is 24.2 Å². The van der Waals surface area contributed by atoms with E-state index in [1.54, 1.807) is 0 Å². The number of thiol groups is 1. The van der Waals surface area contributed by atoms with Gasteiger partial charge in [0.15, 0.2) is 0 Å².